The fourth-order valence-electron chi connectivity index (χ4n) is 2.40. The van der Waals surface area contributed by atoms with Crippen LogP contribution in [0.5, 0.6) is 0 Å². The van der Waals surface area contributed by atoms with E-state index < -0.39 is 17.9 Å². The van der Waals surface area contributed by atoms with E-state index in [2.05, 4.69) is 5.32 Å². The Hall–Kier alpha value is -2.56. The number of aliphatic carboxylic acids is 1. The second kappa shape index (κ2) is 7.63. The molecular formula is C18H21NO4. The predicted octanol–water partition coefficient (Wildman–Crippen LogP) is 3.10. The number of benzene rings is 1. The Morgan fingerprint density at radius 3 is 2.43 bits per heavy atom. The largest absolute Gasteiger partial charge is 0.481 e. The quantitative estimate of drug-likeness (QED) is 0.823. The molecule has 1 heterocycles. The molecule has 0 aliphatic carbocycles. The summed E-state index contributed by atoms with van der Waals surface area (Å²) >= 11 is 0. The first kappa shape index (κ1) is 16.8. The van der Waals surface area contributed by atoms with Crippen LogP contribution in [-0.4, -0.2) is 17.0 Å². The lowest BCUT2D eigenvalue weighted by molar-refractivity contribution is -0.142. The number of nitrogens with one attached hydrogen (secondary N) is 1. The lowest BCUT2D eigenvalue weighted by Crippen LogP contribution is -2.35. The van der Waals surface area contributed by atoms with Gasteiger partial charge in [0, 0.05) is 12.8 Å². The minimum absolute atomic E-state index is 0.194. The molecule has 23 heavy (non-hydrogen) atoms. The zero-order valence-corrected chi connectivity index (χ0v) is 13.3. The highest BCUT2D eigenvalue weighted by Crippen LogP contribution is 2.22. The van der Waals surface area contributed by atoms with Gasteiger partial charge < -0.3 is 14.8 Å². The van der Waals surface area contributed by atoms with Crippen LogP contribution in [0, 0.1) is 12.8 Å². The smallest absolute Gasteiger partial charge is 0.308 e. The Kier molecular flexibility index (Phi) is 5.57. The summed E-state index contributed by atoms with van der Waals surface area (Å²) in [4.78, 5) is 23.5. The van der Waals surface area contributed by atoms with E-state index >= 15 is 0 Å². The standard InChI is InChI=1S/C18H21NO4/c1-12-8-9-15(23-12)10-11-16(20)19-17(13(2)18(21)22)14-6-4-3-5-7-14/h3-9,13,17H,10-11H2,1-2H3,(H,19,20)(H,21,22). The van der Waals surface area contributed by atoms with Gasteiger partial charge in [-0.3, -0.25) is 9.59 Å². The van der Waals surface area contributed by atoms with Gasteiger partial charge in [0.05, 0.1) is 12.0 Å². The molecule has 0 aliphatic heterocycles. The zero-order chi connectivity index (χ0) is 16.8. The van der Waals surface area contributed by atoms with E-state index in [1.807, 2.05) is 49.4 Å². The first-order valence-corrected chi connectivity index (χ1v) is 7.60. The maximum atomic E-state index is 12.2. The topological polar surface area (TPSA) is 79.5 Å². The van der Waals surface area contributed by atoms with Gasteiger partial charge in [0.1, 0.15) is 11.5 Å². The number of hydrogen-bond donors (Lipinski definition) is 2. The normalized spacial score (nSPS) is 13.3. The van der Waals surface area contributed by atoms with Crippen LogP contribution in [0.1, 0.15) is 36.5 Å². The summed E-state index contributed by atoms with van der Waals surface area (Å²) in [6, 6.07) is 12.3. The van der Waals surface area contributed by atoms with E-state index in [9.17, 15) is 14.7 Å². The van der Waals surface area contributed by atoms with E-state index in [1.165, 1.54) is 0 Å². The summed E-state index contributed by atoms with van der Waals surface area (Å²) in [7, 11) is 0. The molecule has 2 N–H and O–H groups in total. The maximum Gasteiger partial charge on any atom is 0.308 e. The van der Waals surface area contributed by atoms with Crippen molar-refractivity contribution in [1.82, 2.24) is 5.32 Å². The van der Waals surface area contributed by atoms with Crippen LogP contribution >= 0.6 is 0 Å². The number of hydrogen-bond acceptors (Lipinski definition) is 3. The molecular weight excluding hydrogens is 294 g/mol. The van der Waals surface area contributed by atoms with E-state index in [4.69, 9.17) is 4.42 Å². The molecule has 2 atom stereocenters. The lowest BCUT2D eigenvalue weighted by Gasteiger charge is -2.23. The van der Waals surface area contributed by atoms with Crippen LogP contribution in [0.25, 0.3) is 0 Å². The van der Waals surface area contributed by atoms with Crippen molar-refractivity contribution in [1.29, 1.82) is 0 Å². The van der Waals surface area contributed by atoms with Crippen molar-refractivity contribution < 1.29 is 19.1 Å². The number of carbonyl (C=O) groups is 2. The van der Waals surface area contributed by atoms with Gasteiger partial charge in [-0.2, -0.15) is 0 Å². The fraction of sp³-hybridized carbons (Fsp3) is 0.333. The van der Waals surface area contributed by atoms with Gasteiger partial charge >= 0.3 is 5.97 Å². The molecule has 122 valence electrons. The van der Waals surface area contributed by atoms with Crippen molar-refractivity contribution in [2.75, 3.05) is 0 Å². The first-order valence-electron chi connectivity index (χ1n) is 7.60. The number of carbonyl (C=O) groups excluding carboxylic acids is 1. The molecule has 0 spiro atoms. The zero-order valence-electron chi connectivity index (χ0n) is 13.3. The van der Waals surface area contributed by atoms with Crippen molar-refractivity contribution in [2.45, 2.75) is 32.7 Å². The van der Waals surface area contributed by atoms with Crippen LogP contribution in [0.15, 0.2) is 46.9 Å². The molecule has 2 unspecified atom stereocenters. The van der Waals surface area contributed by atoms with Crippen LogP contribution in [0.4, 0.5) is 0 Å². The number of furan rings is 1. The maximum absolute atomic E-state index is 12.2. The lowest BCUT2D eigenvalue weighted by atomic mass is 9.94. The van der Waals surface area contributed by atoms with Gasteiger partial charge in [-0.25, -0.2) is 0 Å². The van der Waals surface area contributed by atoms with Gasteiger partial charge in [0.25, 0.3) is 0 Å². The molecule has 0 aliphatic rings. The molecule has 1 aromatic carbocycles. The Labute approximate surface area is 135 Å². The number of carboxylic acid groups (broad SMARTS) is 1. The Morgan fingerprint density at radius 2 is 1.87 bits per heavy atom. The Bertz CT molecular complexity index is 663. The summed E-state index contributed by atoms with van der Waals surface area (Å²) < 4.78 is 5.44. The number of carboxylic acids is 1. The summed E-state index contributed by atoms with van der Waals surface area (Å²) in [5.74, 6) is -0.295. The van der Waals surface area contributed by atoms with E-state index in [0.717, 1.165) is 17.1 Å². The van der Waals surface area contributed by atoms with Gasteiger partial charge in [-0.1, -0.05) is 30.3 Å². The molecule has 2 rings (SSSR count). The van der Waals surface area contributed by atoms with Gasteiger partial charge in [-0.15, -0.1) is 0 Å². The fourth-order valence-corrected chi connectivity index (χ4v) is 2.40. The molecule has 2 aromatic rings. The monoisotopic (exact) mass is 315 g/mol. The van der Waals surface area contributed by atoms with Crippen LogP contribution in [0.2, 0.25) is 0 Å². The third-order valence-electron chi connectivity index (χ3n) is 3.76. The molecule has 0 fully saturated rings. The highest BCUT2D eigenvalue weighted by molar-refractivity contribution is 5.78. The third-order valence-corrected chi connectivity index (χ3v) is 3.76. The average Bonchev–Trinajstić information content (AvgIpc) is 2.96. The van der Waals surface area contributed by atoms with Crippen molar-refractivity contribution in [3.63, 3.8) is 0 Å². The van der Waals surface area contributed by atoms with Crippen LogP contribution in [0.3, 0.4) is 0 Å². The summed E-state index contributed by atoms with van der Waals surface area (Å²) in [5, 5.41) is 12.1. The van der Waals surface area contributed by atoms with Crippen molar-refractivity contribution in [2.24, 2.45) is 5.92 Å². The molecule has 0 bridgehead atoms. The molecule has 5 heteroatoms. The minimum atomic E-state index is -0.944. The summed E-state index contributed by atoms with van der Waals surface area (Å²) in [5.41, 5.74) is 0.782. The summed E-state index contributed by atoms with van der Waals surface area (Å²) in [6.45, 7) is 3.44. The Morgan fingerprint density at radius 1 is 1.17 bits per heavy atom. The number of rotatable bonds is 7. The number of aryl methyl sites for hydroxylation is 2. The van der Waals surface area contributed by atoms with E-state index in [1.54, 1.807) is 6.92 Å². The van der Waals surface area contributed by atoms with Gasteiger partial charge in [-0.05, 0) is 31.5 Å². The molecule has 5 nitrogen and oxygen atoms in total. The van der Waals surface area contributed by atoms with E-state index in [-0.39, 0.29) is 12.3 Å². The molecule has 1 amide bonds. The highest BCUT2D eigenvalue weighted by Gasteiger charge is 2.26. The third kappa shape index (κ3) is 4.71. The molecule has 1 aromatic heterocycles. The second-order valence-electron chi connectivity index (χ2n) is 5.60. The SMILES string of the molecule is Cc1ccc(CCC(=O)NC(c2ccccc2)C(C)C(=O)O)o1. The summed E-state index contributed by atoms with van der Waals surface area (Å²) in [6.07, 6.45) is 0.741. The van der Waals surface area contributed by atoms with Crippen molar-refractivity contribution >= 4 is 11.9 Å². The van der Waals surface area contributed by atoms with Crippen LogP contribution < -0.4 is 5.32 Å². The Balaban J connectivity index is 2.02. The average molecular weight is 315 g/mol. The van der Waals surface area contributed by atoms with Crippen molar-refractivity contribution in [3.8, 4) is 0 Å². The van der Waals surface area contributed by atoms with Gasteiger partial charge in [0.15, 0.2) is 0 Å². The highest BCUT2D eigenvalue weighted by atomic mass is 16.4. The molecule has 0 radical (unpaired) electrons. The molecule has 0 saturated heterocycles. The van der Waals surface area contributed by atoms with Crippen molar-refractivity contribution in [3.05, 3.63) is 59.5 Å². The second-order valence-corrected chi connectivity index (χ2v) is 5.60. The minimum Gasteiger partial charge on any atom is -0.481 e. The number of amides is 1. The van der Waals surface area contributed by atoms with E-state index in [0.29, 0.717) is 6.42 Å². The van der Waals surface area contributed by atoms with Gasteiger partial charge in [0.2, 0.25) is 5.91 Å². The first-order chi connectivity index (χ1) is 11.0. The molecule has 0 saturated carbocycles. The van der Waals surface area contributed by atoms with Crippen LogP contribution in [-0.2, 0) is 16.0 Å². The predicted molar refractivity (Wildman–Crippen MR) is 85.9 cm³/mol.